The van der Waals surface area contributed by atoms with Crippen molar-refractivity contribution < 1.29 is 27.5 Å². The minimum atomic E-state index is -4.43. The highest BCUT2D eigenvalue weighted by Crippen LogP contribution is 2.29. The fraction of sp³-hybridized carbons (Fsp3) is 0.176. The number of thioether (sulfide) groups is 1. The van der Waals surface area contributed by atoms with E-state index in [2.05, 4.69) is 15.3 Å². The standard InChI is InChI=1S/C17H13F3N4O3S/c1-10-13(6-7-27-10)15-22-23-16(28-9-14(25)26)24(15)21-8-11-2-4-12(5-3-11)17(18,19)20/h2-8H,9H2,1H3,(H,25,26)/p-1/b21-8-. The minimum Gasteiger partial charge on any atom is -0.549 e. The summed E-state index contributed by atoms with van der Waals surface area (Å²) >= 11 is 0.854. The largest absolute Gasteiger partial charge is 0.549 e. The van der Waals surface area contributed by atoms with Gasteiger partial charge < -0.3 is 14.3 Å². The van der Waals surface area contributed by atoms with Gasteiger partial charge in [-0.3, -0.25) is 0 Å². The predicted octanol–water partition coefficient (Wildman–Crippen LogP) is 2.59. The van der Waals surface area contributed by atoms with Crippen molar-refractivity contribution in [3.05, 3.63) is 53.5 Å². The van der Waals surface area contributed by atoms with Crippen LogP contribution in [0.25, 0.3) is 11.4 Å². The molecule has 0 unspecified atom stereocenters. The van der Waals surface area contributed by atoms with E-state index in [1.807, 2.05) is 0 Å². The van der Waals surface area contributed by atoms with Crippen molar-refractivity contribution in [1.29, 1.82) is 0 Å². The number of halogens is 3. The first-order valence-electron chi connectivity index (χ1n) is 7.80. The van der Waals surface area contributed by atoms with E-state index in [0.717, 1.165) is 23.9 Å². The molecule has 0 fully saturated rings. The number of carboxylic acid groups (broad SMARTS) is 1. The number of aliphatic carboxylic acids is 1. The van der Waals surface area contributed by atoms with Gasteiger partial charge in [0.05, 0.1) is 29.6 Å². The lowest BCUT2D eigenvalue weighted by molar-refractivity contribution is -0.301. The molecule has 3 rings (SSSR count). The second kappa shape index (κ2) is 7.89. The summed E-state index contributed by atoms with van der Waals surface area (Å²) in [6, 6.07) is 6.08. The summed E-state index contributed by atoms with van der Waals surface area (Å²) in [5.74, 6) is -0.796. The van der Waals surface area contributed by atoms with Crippen LogP contribution in [0, 0.1) is 6.92 Å². The van der Waals surface area contributed by atoms with E-state index < -0.39 is 17.7 Å². The van der Waals surface area contributed by atoms with Gasteiger partial charge in [0.15, 0.2) is 5.82 Å². The zero-order valence-corrected chi connectivity index (χ0v) is 15.1. The molecular weight excluding hydrogens is 397 g/mol. The topological polar surface area (TPSA) is 96.3 Å². The number of carbonyl (C=O) groups excluding carboxylic acids is 1. The Morgan fingerprint density at radius 1 is 1.29 bits per heavy atom. The number of aryl methyl sites for hydroxylation is 1. The molecule has 2 heterocycles. The molecule has 1 aromatic carbocycles. The van der Waals surface area contributed by atoms with E-state index in [1.54, 1.807) is 13.0 Å². The van der Waals surface area contributed by atoms with Crippen LogP contribution < -0.4 is 5.11 Å². The third-order valence-electron chi connectivity index (χ3n) is 3.59. The van der Waals surface area contributed by atoms with Gasteiger partial charge in [0.1, 0.15) is 5.76 Å². The second-order valence-electron chi connectivity index (χ2n) is 5.53. The van der Waals surface area contributed by atoms with Crippen LogP contribution in [0.15, 0.2) is 51.3 Å². The fourth-order valence-electron chi connectivity index (χ4n) is 2.25. The number of alkyl halides is 3. The summed E-state index contributed by atoms with van der Waals surface area (Å²) in [6.07, 6.45) is -1.65. The number of nitrogens with zero attached hydrogens (tertiary/aromatic N) is 4. The first kappa shape index (κ1) is 19.7. The van der Waals surface area contributed by atoms with Crippen LogP contribution in [0.2, 0.25) is 0 Å². The number of aromatic nitrogens is 3. The lowest BCUT2D eigenvalue weighted by Crippen LogP contribution is -2.24. The van der Waals surface area contributed by atoms with Crippen molar-refractivity contribution in [2.24, 2.45) is 5.10 Å². The molecule has 0 bridgehead atoms. The number of carboxylic acids is 1. The van der Waals surface area contributed by atoms with Gasteiger partial charge in [-0.25, -0.2) is 0 Å². The van der Waals surface area contributed by atoms with Crippen molar-refractivity contribution in [3.8, 4) is 11.4 Å². The van der Waals surface area contributed by atoms with Gasteiger partial charge in [-0.15, -0.1) is 10.2 Å². The third kappa shape index (κ3) is 4.42. The Morgan fingerprint density at radius 3 is 2.57 bits per heavy atom. The van der Waals surface area contributed by atoms with Crippen LogP contribution in [0.5, 0.6) is 0 Å². The number of hydrogen-bond acceptors (Lipinski definition) is 7. The molecule has 2 aromatic heterocycles. The van der Waals surface area contributed by atoms with Crippen molar-refractivity contribution in [2.75, 3.05) is 5.75 Å². The lowest BCUT2D eigenvalue weighted by atomic mass is 10.1. The summed E-state index contributed by atoms with van der Waals surface area (Å²) in [4.78, 5) is 10.7. The average molecular weight is 409 g/mol. The Bertz CT molecular complexity index is 1010. The highest BCUT2D eigenvalue weighted by atomic mass is 32.2. The number of hydrogen-bond donors (Lipinski definition) is 0. The summed E-state index contributed by atoms with van der Waals surface area (Å²) in [6.45, 7) is 1.71. The molecule has 0 aliphatic heterocycles. The Labute approximate surface area is 160 Å². The number of furan rings is 1. The van der Waals surface area contributed by atoms with Gasteiger partial charge in [0.2, 0.25) is 5.16 Å². The normalized spacial score (nSPS) is 12.0. The SMILES string of the molecule is Cc1occc1-c1nnc(SCC(=O)[O-])n1/N=C\c1ccc(C(F)(F)F)cc1. The Morgan fingerprint density at radius 2 is 2.00 bits per heavy atom. The van der Waals surface area contributed by atoms with Gasteiger partial charge in [-0.05, 0) is 30.7 Å². The maximum Gasteiger partial charge on any atom is 0.416 e. The third-order valence-corrected chi connectivity index (χ3v) is 4.48. The van der Waals surface area contributed by atoms with Crippen LogP contribution in [0.4, 0.5) is 13.2 Å². The van der Waals surface area contributed by atoms with Crippen molar-refractivity contribution >= 4 is 23.9 Å². The van der Waals surface area contributed by atoms with Crippen LogP contribution in [0.1, 0.15) is 16.9 Å². The molecule has 0 aliphatic rings. The quantitative estimate of drug-likeness (QED) is 0.459. The molecule has 0 atom stereocenters. The summed E-state index contributed by atoms with van der Waals surface area (Å²) in [5, 5.41) is 23.1. The summed E-state index contributed by atoms with van der Waals surface area (Å²) in [7, 11) is 0. The number of carbonyl (C=O) groups is 1. The fourth-order valence-corrected chi connectivity index (χ4v) is 2.85. The van der Waals surface area contributed by atoms with Gasteiger partial charge in [-0.1, -0.05) is 23.9 Å². The van der Waals surface area contributed by atoms with Crippen molar-refractivity contribution in [2.45, 2.75) is 18.3 Å². The molecule has 7 nitrogen and oxygen atoms in total. The Hall–Kier alpha value is -3.08. The summed E-state index contributed by atoms with van der Waals surface area (Å²) in [5.41, 5.74) is 0.235. The minimum absolute atomic E-state index is 0.183. The highest BCUT2D eigenvalue weighted by Gasteiger charge is 2.29. The van der Waals surface area contributed by atoms with Crippen LogP contribution in [-0.2, 0) is 11.0 Å². The lowest BCUT2D eigenvalue weighted by Gasteiger charge is -2.06. The van der Waals surface area contributed by atoms with Crippen LogP contribution in [-0.4, -0.2) is 32.8 Å². The molecule has 0 amide bonds. The molecule has 146 valence electrons. The molecule has 0 aliphatic carbocycles. The maximum atomic E-state index is 12.7. The van der Waals surface area contributed by atoms with Gasteiger partial charge >= 0.3 is 6.18 Å². The van der Waals surface area contributed by atoms with E-state index in [9.17, 15) is 23.1 Å². The van der Waals surface area contributed by atoms with E-state index in [4.69, 9.17) is 4.42 Å². The van der Waals surface area contributed by atoms with E-state index in [0.29, 0.717) is 22.7 Å². The molecular formula is C17H12F3N4O3S-. The average Bonchev–Trinajstić information content (AvgIpc) is 3.23. The second-order valence-corrected chi connectivity index (χ2v) is 6.48. The summed E-state index contributed by atoms with van der Waals surface area (Å²) < 4.78 is 44.5. The molecule has 0 saturated carbocycles. The van der Waals surface area contributed by atoms with E-state index in [-0.39, 0.29) is 10.9 Å². The molecule has 0 saturated heterocycles. The number of rotatable bonds is 6. The molecule has 11 heteroatoms. The first-order chi connectivity index (χ1) is 13.3. The van der Waals surface area contributed by atoms with Gasteiger partial charge in [0.25, 0.3) is 0 Å². The van der Waals surface area contributed by atoms with E-state index >= 15 is 0 Å². The van der Waals surface area contributed by atoms with Crippen LogP contribution in [0.3, 0.4) is 0 Å². The van der Waals surface area contributed by atoms with Gasteiger partial charge in [-0.2, -0.15) is 22.9 Å². The zero-order chi connectivity index (χ0) is 20.3. The van der Waals surface area contributed by atoms with E-state index in [1.165, 1.54) is 29.3 Å². The Balaban J connectivity index is 1.94. The van der Waals surface area contributed by atoms with Crippen molar-refractivity contribution in [1.82, 2.24) is 14.9 Å². The van der Waals surface area contributed by atoms with Crippen molar-refractivity contribution in [3.63, 3.8) is 0 Å². The molecule has 0 spiro atoms. The molecule has 3 aromatic rings. The maximum absolute atomic E-state index is 12.7. The Kier molecular flexibility index (Phi) is 5.54. The first-order valence-corrected chi connectivity index (χ1v) is 8.78. The molecule has 28 heavy (non-hydrogen) atoms. The zero-order valence-electron chi connectivity index (χ0n) is 14.3. The predicted molar refractivity (Wildman–Crippen MR) is 92.6 cm³/mol. The number of benzene rings is 1. The molecule has 0 N–H and O–H groups in total. The smallest absolute Gasteiger partial charge is 0.416 e. The molecule has 0 radical (unpaired) electrons. The monoisotopic (exact) mass is 409 g/mol. The highest BCUT2D eigenvalue weighted by molar-refractivity contribution is 7.99. The van der Waals surface area contributed by atoms with Gasteiger partial charge in [0, 0.05) is 5.75 Å². The van der Waals surface area contributed by atoms with Crippen LogP contribution >= 0.6 is 11.8 Å².